The maximum absolute atomic E-state index is 12.8. The zero-order chi connectivity index (χ0) is 23.2. The molecular formula is C24H40N2O5S. The molecule has 1 heterocycles. The fourth-order valence-corrected chi connectivity index (χ4v) is 5.82. The molecule has 1 saturated heterocycles. The Hall–Kier alpha value is -1.64. The average Bonchev–Trinajstić information content (AvgIpc) is 2.81. The molecule has 2 rings (SSSR count). The normalized spacial score (nSPS) is 17.6. The van der Waals surface area contributed by atoms with Gasteiger partial charge in [0.2, 0.25) is 0 Å². The van der Waals surface area contributed by atoms with Gasteiger partial charge < -0.3 is 10.1 Å². The lowest BCUT2D eigenvalue weighted by atomic mass is 10.0. The third-order valence-corrected chi connectivity index (χ3v) is 8.22. The van der Waals surface area contributed by atoms with Gasteiger partial charge in [-0.05, 0) is 56.3 Å². The minimum Gasteiger partial charge on any atom is -0.494 e. The number of hydroxylamine groups is 1. The van der Waals surface area contributed by atoms with Gasteiger partial charge in [-0.2, -0.15) is 0 Å². The highest BCUT2D eigenvalue weighted by atomic mass is 32.2. The first kappa shape index (κ1) is 26.6. The molecule has 8 heteroatoms. The Balaban J connectivity index is 1.85. The standard InChI is InChI=1S/C24H40N2O5S/c1-2-3-4-5-6-9-18-32(29,30)23(24(27)26-28)19-20-11-13-22(14-12-20)31-17-15-21-10-7-8-16-25-21/h11-14,21,23,25,28H,2-10,15-19H2,1H3,(H,26,27). The van der Waals surface area contributed by atoms with Crippen molar-refractivity contribution < 1.29 is 23.2 Å². The molecule has 32 heavy (non-hydrogen) atoms. The minimum atomic E-state index is -3.67. The van der Waals surface area contributed by atoms with E-state index in [2.05, 4.69) is 12.2 Å². The molecule has 1 aliphatic rings. The zero-order valence-corrected chi connectivity index (χ0v) is 20.2. The summed E-state index contributed by atoms with van der Waals surface area (Å²) in [6, 6.07) is 7.69. The topological polar surface area (TPSA) is 105 Å². The highest BCUT2D eigenvalue weighted by Gasteiger charge is 2.32. The molecule has 0 bridgehead atoms. The number of hydrogen-bond acceptors (Lipinski definition) is 6. The van der Waals surface area contributed by atoms with E-state index in [0.29, 0.717) is 24.6 Å². The van der Waals surface area contributed by atoms with Crippen LogP contribution in [0.25, 0.3) is 0 Å². The summed E-state index contributed by atoms with van der Waals surface area (Å²) in [5.41, 5.74) is 2.25. The van der Waals surface area contributed by atoms with Crippen LogP contribution in [-0.2, 0) is 21.1 Å². The number of nitrogens with one attached hydrogen (secondary N) is 2. The van der Waals surface area contributed by atoms with Crippen LogP contribution in [0.1, 0.15) is 76.7 Å². The van der Waals surface area contributed by atoms with E-state index in [1.165, 1.54) is 24.7 Å². The van der Waals surface area contributed by atoms with Gasteiger partial charge in [0.05, 0.1) is 12.4 Å². The Morgan fingerprint density at radius 2 is 1.88 bits per heavy atom. The second kappa shape index (κ2) is 14.5. The number of benzene rings is 1. The Bertz CT molecular complexity index is 761. The van der Waals surface area contributed by atoms with E-state index in [9.17, 15) is 13.2 Å². The highest BCUT2D eigenvalue weighted by molar-refractivity contribution is 7.92. The molecule has 3 N–H and O–H groups in total. The summed E-state index contributed by atoms with van der Waals surface area (Å²) in [6.07, 6.45) is 10.4. The van der Waals surface area contributed by atoms with Crippen molar-refractivity contribution in [2.75, 3.05) is 18.9 Å². The molecule has 1 aliphatic heterocycles. The molecule has 2 unspecified atom stereocenters. The maximum Gasteiger partial charge on any atom is 0.261 e. The van der Waals surface area contributed by atoms with Crippen molar-refractivity contribution in [3.8, 4) is 5.75 Å². The van der Waals surface area contributed by atoms with Gasteiger partial charge in [0.1, 0.15) is 11.0 Å². The molecule has 7 nitrogen and oxygen atoms in total. The Morgan fingerprint density at radius 1 is 1.16 bits per heavy atom. The number of sulfone groups is 1. The predicted octanol–water partition coefficient (Wildman–Crippen LogP) is 3.79. The summed E-state index contributed by atoms with van der Waals surface area (Å²) in [7, 11) is -3.67. The van der Waals surface area contributed by atoms with E-state index < -0.39 is 21.0 Å². The number of amides is 1. The van der Waals surface area contributed by atoms with E-state index in [4.69, 9.17) is 9.94 Å². The number of rotatable bonds is 15. The van der Waals surface area contributed by atoms with Crippen molar-refractivity contribution in [2.45, 2.75) is 88.8 Å². The third-order valence-electron chi connectivity index (χ3n) is 6.11. The van der Waals surface area contributed by atoms with Crippen LogP contribution in [0.3, 0.4) is 0 Å². The molecular weight excluding hydrogens is 428 g/mol. The first-order chi connectivity index (χ1) is 15.5. The van der Waals surface area contributed by atoms with Gasteiger partial charge in [0.15, 0.2) is 9.84 Å². The van der Waals surface area contributed by atoms with Crippen molar-refractivity contribution in [1.82, 2.24) is 10.8 Å². The molecule has 1 aromatic rings. The largest absolute Gasteiger partial charge is 0.494 e. The Morgan fingerprint density at radius 3 is 2.53 bits per heavy atom. The summed E-state index contributed by atoms with van der Waals surface area (Å²) < 4.78 is 31.4. The van der Waals surface area contributed by atoms with Crippen LogP contribution < -0.4 is 15.5 Å². The summed E-state index contributed by atoms with van der Waals surface area (Å²) in [6.45, 7) is 3.83. The molecule has 0 aromatic heterocycles. The molecule has 182 valence electrons. The second-order valence-corrected chi connectivity index (χ2v) is 11.0. The number of carbonyl (C=O) groups is 1. The Labute approximate surface area is 193 Å². The number of hydrogen-bond donors (Lipinski definition) is 3. The van der Waals surface area contributed by atoms with Gasteiger partial charge in [-0.3, -0.25) is 10.0 Å². The lowest BCUT2D eigenvalue weighted by Gasteiger charge is -2.23. The lowest BCUT2D eigenvalue weighted by molar-refractivity contribution is -0.128. The van der Waals surface area contributed by atoms with Gasteiger partial charge in [0.25, 0.3) is 5.91 Å². The maximum atomic E-state index is 12.8. The quantitative estimate of drug-likeness (QED) is 0.205. The molecule has 0 spiro atoms. The molecule has 0 saturated carbocycles. The van der Waals surface area contributed by atoms with Crippen molar-refractivity contribution in [2.24, 2.45) is 0 Å². The number of piperidine rings is 1. The molecule has 1 aromatic carbocycles. The van der Waals surface area contributed by atoms with E-state index in [-0.39, 0.29) is 12.2 Å². The van der Waals surface area contributed by atoms with Crippen molar-refractivity contribution >= 4 is 15.7 Å². The monoisotopic (exact) mass is 468 g/mol. The molecule has 1 amide bonds. The fourth-order valence-electron chi connectivity index (χ4n) is 4.11. The molecule has 0 aliphatic carbocycles. The fraction of sp³-hybridized carbons (Fsp3) is 0.708. The van der Waals surface area contributed by atoms with Crippen LogP contribution in [-0.4, -0.2) is 49.7 Å². The van der Waals surface area contributed by atoms with Gasteiger partial charge >= 0.3 is 0 Å². The highest BCUT2D eigenvalue weighted by Crippen LogP contribution is 2.19. The average molecular weight is 469 g/mol. The van der Waals surface area contributed by atoms with Crippen LogP contribution in [0.4, 0.5) is 0 Å². The van der Waals surface area contributed by atoms with Gasteiger partial charge in [-0.15, -0.1) is 0 Å². The zero-order valence-electron chi connectivity index (χ0n) is 19.4. The molecule has 2 atom stereocenters. The van der Waals surface area contributed by atoms with Crippen LogP contribution >= 0.6 is 0 Å². The second-order valence-electron chi connectivity index (χ2n) is 8.73. The molecule has 1 fully saturated rings. The van der Waals surface area contributed by atoms with Gasteiger partial charge in [0, 0.05) is 6.04 Å². The summed E-state index contributed by atoms with van der Waals surface area (Å²) in [5, 5.41) is 11.3. The van der Waals surface area contributed by atoms with E-state index in [0.717, 1.165) is 50.8 Å². The number of carbonyl (C=O) groups excluding carboxylic acids is 1. The van der Waals surface area contributed by atoms with Gasteiger partial charge in [-0.1, -0.05) is 57.6 Å². The van der Waals surface area contributed by atoms with Crippen molar-refractivity contribution in [1.29, 1.82) is 0 Å². The Kier molecular flexibility index (Phi) is 12.1. The number of ether oxygens (including phenoxy) is 1. The summed E-state index contributed by atoms with van der Waals surface area (Å²) >= 11 is 0. The first-order valence-electron chi connectivity index (χ1n) is 12.1. The minimum absolute atomic E-state index is 0.0246. The SMILES string of the molecule is CCCCCCCCS(=O)(=O)C(Cc1ccc(OCCC2CCCCN2)cc1)C(=O)NO. The predicted molar refractivity (Wildman–Crippen MR) is 127 cm³/mol. The number of unbranched alkanes of at least 4 members (excludes halogenated alkanes) is 5. The van der Waals surface area contributed by atoms with Crippen LogP contribution in [0.2, 0.25) is 0 Å². The first-order valence-corrected chi connectivity index (χ1v) is 13.8. The van der Waals surface area contributed by atoms with E-state index >= 15 is 0 Å². The smallest absolute Gasteiger partial charge is 0.261 e. The molecule has 0 radical (unpaired) electrons. The summed E-state index contributed by atoms with van der Waals surface area (Å²) in [4.78, 5) is 12.1. The van der Waals surface area contributed by atoms with Crippen LogP contribution in [0.5, 0.6) is 5.75 Å². The summed E-state index contributed by atoms with van der Waals surface area (Å²) in [5.74, 6) is -0.202. The van der Waals surface area contributed by atoms with Crippen molar-refractivity contribution in [3.05, 3.63) is 29.8 Å². The van der Waals surface area contributed by atoms with Gasteiger partial charge in [-0.25, -0.2) is 13.9 Å². The van der Waals surface area contributed by atoms with E-state index in [1.54, 1.807) is 24.3 Å². The van der Waals surface area contributed by atoms with Crippen molar-refractivity contribution in [3.63, 3.8) is 0 Å². The van der Waals surface area contributed by atoms with Crippen LogP contribution in [0, 0.1) is 0 Å². The third kappa shape index (κ3) is 9.46. The van der Waals surface area contributed by atoms with E-state index in [1.807, 2.05) is 0 Å². The van der Waals surface area contributed by atoms with Crippen LogP contribution in [0.15, 0.2) is 24.3 Å². The lowest BCUT2D eigenvalue weighted by Crippen LogP contribution is -2.41.